The largest absolute Gasteiger partial charge is 0.378 e. The average molecular weight is 520 g/mol. The fraction of sp³-hybridized carbons (Fsp3) is 0.200. The summed E-state index contributed by atoms with van der Waals surface area (Å²) in [6.07, 6.45) is 5.18. The molecule has 0 radical (unpaired) electrons. The minimum Gasteiger partial charge on any atom is -0.378 e. The second kappa shape index (κ2) is 8.55. The van der Waals surface area contributed by atoms with Gasteiger partial charge in [0.2, 0.25) is 0 Å². The lowest BCUT2D eigenvalue weighted by molar-refractivity contribution is 0.425. The average Bonchev–Trinajstić information content (AvgIpc) is 3.26. The third-order valence-corrected chi connectivity index (χ3v) is 8.79. The number of halogens is 3. The molecule has 0 amide bonds. The van der Waals surface area contributed by atoms with Gasteiger partial charge in [-0.2, -0.15) is 0 Å². The molecule has 1 heterocycles. The van der Waals surface area contributed by atoms with Crippen LogP contribution in [-0.4, -0.2) is 8.42 Å². The zero-order valence-corrected chi connectivity index (χ0v) is 20.7. The van der Waals surface area contributed by atoms with E-state index in [2.05, 4.69) is 22.2 Å². The molecule has 0 saturated carbocycles. The molecule has 5 rings (SSSR count). The molecule has 170 valence electrons. The summed E-state index contributed by atoms with van der Waals surface area (Å²) in [6.45, 7) is 1.78. The van der Waals surface area contributed by atoms with Crippen LogP contribution in [0.15, 0.2) is 71.6 Å². The lowest BCUT2D eigenvalue weighted by Crippen LogP contribution is -2.29. The Hall–Kier alpha value is -2.18. The van der Waals surface area contributed by atoms with Crippen molar-refractivity contribution in [1.29, 1.82) is 0 Å². The minimum absolute atomic E-state index is 0.00282. The highest BCUT2D eigenvalue weighted by atomic mass is 35.5. The molecule has 0 spiro atoms. The molecule has 2 N–H and O–H groups in total. The van der Waals surface area contributed by atoms with E-state index in [4.69, 9.17) is 34.8 Å². The van der Waals surface area contributed by atoms with Gasteiger partial charge in [-0.25, -0.2) is 8.42 Å². The zero-order chi connectivity index (χ0) is 23.3. The first-order valence-corrected chi connectivity index (χ1v) is 13.2. The number of sulfonamides is 1. The summed E-state index contributed by atoms with van der Waals surface area (Å²) < 4.78 is 29.0. The molecular formula is C25H21Cl3N2O2S. The van der Waals surface area contributed by atoms with Crippen LogP contribution < -0.4 is 10.0 Å². The van der Waals surface area contributed by atoms with Crippen LogP contribution in [0.3, 0.4) is 0 Å². The Morgan fingerprint density at radius 1 is 0.970 bits per heavy atom. The van der Waals surface area contributed by atoms with E-state index in [-0.39, 0.29) is 22.8 Å². The first kappa shape index (κ1) is 22.6. The molecule has 8 heteroatoms. The number of nitrogens with one attached hydrogen (secondary N) is 2. The molecule has 4 nitrogen and oxygen atoms in total. The summed E-state index contributed by atoms with van der Waals surface area (Å²) in [6, 6.07) is 15.9. The van der Waals surface area contributed by atoms with Crippen molar-refractivity contribution in [1.82, 2.24) is 0 Å². The molecule has 33 heavy (non-hydrogen) atoms. The summed E-state index contributed by atoms with van der Waals surface area (Å²) in [5.74, 6) is 0.304. The monoisotopic (exact) mass is 518 g/mol. The van der Waals surface area contributed by atoms with Gasteiger partial charge >= 0.3 is 0 Å². The SMILES string of the molecule is Cc1c(Cl)cccc1NS(=O)(=O)c1ccc2c(c1)[C@@H]1C=CC[C@H]1[C@@H](c1ccc(Cl)cc1Cl)N2. The quantitative estimate of drug-likeness (QED) is 0.349. The van der Waals surface area contributed by atoms with E-state index in [9.17, 15) is 8.42 Å². The summed E-state index contributed by atoms with van der Waals surface area (Å²) in [5.41, 5.74) is 4.00. The predicted octanol–water partition coefficient (Wildman–Crippen LogP) is 7.58. The maximum absolute atomic E-state index is 13.2. The van der Waals surface area contributed by atoms with Gasteiger partial charge in [0.1, 0.15) is 0 Å². The Labute approximate surface area is 208 Å². The first-order valence-electron chi connectivity index (χ1n) is 10.5. The van der Waals surface area contributed by atoms with Crippen molar-refractivity contribution >= 4 is 56.2 Å². The molecule has 3 aromatic carbocycles. The van der Waals surface area contributed by atoms with E-state index in [0.717, 1.165) is 23.2 Å². The highest BCUT2D eigenvalue weighted by Gasteiger charge is 2.39. The van der Waals surface area contributed by atoms with Crippen LogP contribution in [0.4, 0.5) is 11.4 Å². The van der Waals surface area contributed by atoms with Crippen LogP contribution in [0.2, 0.25) is 15.1 Å². The lowest BCUT2D eigenvalue weighted by Gasteiger charge is -2.38. The topological polar surface area (TPSA) is 58.2 Å². The van der Waals surface area contributed by atoms with Gasteiger partial charge in [0.15, 0.2) is 0 Å². The number of fused-ring (bicyclic) bond motifs is 3. The summed E-state index contributed by atoms with van der Waals surface area (Å²) >= 11 is 18.8. The second-order valence-corrected chi connectivity index (χ2v) is 11.3. The van der Waals surface area contributed by atoms with Gasteiger partial charge in [-0.1, -0.05) is 59.1 Å². The Bertz CT molecular complexity index is 1390. The molecule has 0 unspecified atom stereocenters. The van der Waals surface area contributed by atoms with Crippen LogP contribution >= 0.6 is 34.8 Å². The van der Waals surface area contributed by atoms with Crippen molar-refractivity contribution in [3.8, 4) is 0 Å². The van der Waals surface area contributed by atoms with Crippen molar-refractivity contribution in [3.05, 3.63) is 98.5 Å². The Morgan fingerprint density at radius 3 is 2.58 bits per heavy atom. The molecule has 2 aliphatic rings. The molecule has 0 saturated heterocycles. The van der Waals surface area contributed by atoms with E-state index in [0.29, 0.717) is 26.3 Å². The molecule has 0 fully saturated rings. The Kier molecular flexibility index (Phi) is 5.86. The summed E-state index contributed by atoms with van der Waals surface area (Å²) in [4.78, 5) is 0.212. The Balaban J connectivity index is 1.51. The van der Waals surface area contributed by atoms with Crippen LogP contribution in [0, 0.1) is 12.8 Å². The molecule has 0 bridgehead atoms. The van der Waals surface area contributed by atoms with Gasteiger partial charge in [0.05, 0.1) is 16.6 Å². The van der Waals surface area contributed by atoms with Crippen molar-refractivity contribution in [2.75, 3.05) is 10.0 Å². The number of allylic oxidation sites excluding steroid dienone is 2. The van der Waals surface area contributed by atoms with Gasteiger partial charge in [-0.15, -0.1) is 0 Å². The maximum Gasteiger partial charge on any atom is 0.261 e. The number of hydrogen-bond donors (Lipinski definition) is 2. The zero-order valence-electron chi connectivity index (χ0n) is 17.6. The van der Waals surface area contributed by atoms with Gasteiger partial charge in [0.25, 0.3) is 10.0 Å². The summed E-state index contributed by atoms with van der Waals surface area (Å²) in [7, 11) is -3.79. The first-order chi connectivity index (χ1) is 15.7. The minimum atomic E-state index is -3.79. The highest BCUT2D eigenvalue weighted by Crippen LogP contribution is 2.51. The van der Waals surface area contributed by atoms with Crippen LogP contribution in [0.25, 0.3) is 0 Å². The van der Waals surface area contributed by atoms with Crippen molar-refractivity contribution in [3.63, 3.8) is 0 Å². The normalized spacial score (nSPS) is 21.3. The third kappa shape index (κ3) is 4.12. The summed E-state index contributed by atoms with van der Waals surface area (Å²) in [5, 5.41) is 5.32. The van der Waals surface area contributed by atoms with Crippen LogP contribution in [0.5, 0.6) is 0 Å². The highest BCUT2D eigenvalue weighted by molar-refractivity contribution is 7.92. The van der Waals surface area contributed by atoms with Crippen LogP contribution in [-0.2, 0) is 10.0 Å². The molecule has 0 aromatic heterocycles. The molecule has 1 aliphatic heterocycles. The molecule has 3 atom stereocenters. The lowest BCUT2D eigenvalue weighted by atomic mass is 9.77. The van der Waals surface area contributed by atoms with E-state index in [1.165, 1.54) is 0 Å². The molecule has 3 aromatic rings. The van der Waals surface area contributed by atoms with E-state index < -0.39 is 10.0 Å². The standard InChI is InChI=1S/C25H21Cl3N2O2S/c1-14-21(27)6-3-7-23(14)30-33(31,32)16-9-11-24-20(13-16)17-4-2-5-18(17)25(29-24)19-10-8-15(26)12-22(19)28/h2-4,6-13,17-18,25,29-30H,5H2,1H3/t17-,18-,25+/m1/s1. The van der Waals surface area contributed by atoms with Gasteiger partial charge < -0.3 is 5.32 Å². The fourth-order valence-corrected chi connectivity index (χ4v) is 6.58. The maximum atomic E-state index is 13.2. The van der Waals surface area contributed by atoms with Crippen molar-refractivity contribution in [2.45, 2.75) is 30.2 Å². The Morgan fingerprint density at radius 2 is 1.79 bits per heavy atom. The van der Waals surface area contributed by atoms with Crippen molar-refractivity contribution < 1.29 is 8.42 Å². The third-order valence-electron chi connectivity index (χ3n) is 6.45. The number of benzene rings is 3. The van der Waals surface area contributed by atoms with Gasteiger partial charge in [-0.3, -0.25) is 4.72 Å². The predicted molar refractivity (Wildman–Crippen MR) is 136 cm³/mol. The second-order valence-electron chi connectivity index (χ2n) is 8.41. The van der Waals surface area contributed by atoms with Gasteiger partial charge in [0, 0.05) is 26.7 Å². The molecular weight excluding hydrogens is 499 g/mol. The van der Waals surface area contributed by atoms with Crippen molar-refractivity contribution in [2.24, 2.45) is 5.92 Å². The smallest absolute Gasteiger partial charge is 0.261 e. The van der Waals surface area contributed by atoms with E-state index in [1.807, 2.05) is 18.2 Å². The van der Waals surface area contributed by atoms with Gasteiger partial charge in [-0.05, 0) is 78.4 Å². The molecule has 1 aliphatic carbocycles. The number of anilines is 2. The van der Waals surface area contributed by atoms with Crippen LogP contribution in [0.1, 0.15) is 35.1 Å². The number of rotatable bonds is 4. The fourth-order valence-electron chi connectivity index (χ4n) is 4.72. The number of hydrogen-bond acceptors (Lipinski definition) is 3. The van der Waals surface area contributed by atoms with E-state index in [1.54, 1.807) is 43.3 Å². The van der Waals surface area contributed by atoms with E-state index >= 15 is 0 Å².